The predicted molar refractivity (Wildman–Crippen MR) is 96.2 cm³/mol. The zero-order valence-corrected chi connectivity index (χ0v) is 14.8. The van der Waals surface area contributed by atoms with Crippen LogP contribution in [-0.4, -0.2) is 33.2 Å². The van der Waals surface area contributed by atoms with Crippen LogP contribution in [0, 0.1) is 5.82 Å². The van der Waals surface area contributed by atoms with Gasteiger partial charge in [0.05, 0.1) is 14.2 Å². The highest BCUT2D eigenvalue weighted by Crippen LogP contribution is 2.16. The van der Waals surface area contributed by atoms with E-state index in [4.69, 9.17) is 4.74 Å². The maximum atomic E-state index is 13.7. The van der Waals surface area contributed by atoms with Crippen LogP contribution in [0.4, 0.5) is 4.39 Å². The first-order valence-corrected chi connectivity index (χ1v) is 8.53. The maximum absolute atomic E-state index is 13.7. The summed E-state index contributed by atoms with van der Waals surface area (Å²) in [6.45, 7) is 1.61. The molecule has 0 bridgehead atoms. The molecule has 2 N–H and O–H groups in total. The molecule has 2 aromatic rings. The smallest absolute Gasteiger partial charge is 0.275 e. The van der Waals surface area contributed by atoms with Crippen LogP contribution < -0.4 is 15.0 Å². The van der Waals surface area contributed by atoms with E-state index in [2.05, 4.69) is 17.4 Å². The molecule has 1 unspecified atom stereocenters. The van der Waals surface area contributed by atoms with E-state index < -0.39 is 0 Å². The van der Waals surface area contributed by atoms with Crippen LogP contribution in [0.15, 0.2) is 48.5 Å². The van der Waals surface area contributed by atoms with Crippen molar-refractivity contribution in [1.29, 1.82) is 0 Å². The van der Waals surface area contributed by atoms with Gasteiger partial charge < -0.3 is 15.0 Å². The van der Waals surface area contributed by atoms with Gasteiger partial charge in [-0.3, -0.25) is 4.79 Å². The molecule has 25 heavy (non-hydrogen) atoms. The number of hydrogen-bond donors (Lipinski definition) is 2. The largest absolute Gasteiger partial charge is 0.494 e. The van der Waals surface area contributed by atoms with E-state index in [9.17, 15) is 9.18 Å². The van der Waals surface area contributed by atoms with Crippen LogP contribution in [-0.2, 0) is 17.8 Å². The lowest BCUT2D eigenvalue weighted by Crippen LogP contribution is -3.08. The lowest BCUT2D eigenvalue weighted by Gasteiger charge is -2.14. The molecular weight excluding hydrogens is 319 g/mol. The van der Waals surface area contributed by atoms with Gasteiger partial charge >= 0.3 is 0 Å². The number of likely N-dealkylation sites (N-methyl/N-ethyl adjacent to an activating group) is 1. The Morgan fingerprint density at radius 2 is 1.92 bits per heavy atom. The lowest BCUT2D eigenvalue weighted by atomic mass is 10.1. The van der Waals surface area contributed by atoms with E-state index >= 15 is 0 Å². The van der Waals surface area contributed by atoms with Gasteiger partial charge in [0.2, 0.25) is 0 Å². The molecule has 0 aromatic heterocycles. The average Bonchev–Trinajstić information content (AvgIpc) is 2.60. The first-order chi connectivity index (χ1) is 12.1. The standard InChI is InChI=1S/C20H25FN2O2/c1-23(14-17-10-11-19(25-2)18(21)13-17)15-20(24)22-12-6-9-16-7-4-3-5-8-16/h3-5,7-8,10-11,13H,6,9,12,14-15H2,1-2H3,(H,22,24)/p+1. The molecule has 4 nitrogen and oxygen atoms in total. The minimum absolute atomic E-state index is 0.0135. The summed E-state index contributed by atoms with van der Waals surface area (Å²) in [5.41, 5.74) is 2.12. The van der Waals surface area contributed by atoms with Crippen LogP contribution in [0.5, 0.6) is 5.75 Å². The molecular formula is C20H26FN2O2+. The second kappa shape index (κ2) is 9.79. The Labute approximate surface area is 148 Å². The number of rotatable bonds is 9. The Kier molecular flexibility index (Phi) is 7.41. The normalized spacial score (nSPS) is 11.8. The second-order valence-electron chi connectivity index (χ2n) is 6.22. The molecule has 1 atom stereocenters. The summed E-state index contributed by atoms with van der Waals surface area (Å²) in [5.74, 6) is -0.129. The molecule has 0 saturated heterocycles. The van der Waals surface area contributed by atoms with Crippen molar-refractivity contribution in [1.82, 2.24) is 5.32 Å². The summed E-state index contributed by atoms with van der Waals surface area (Å²) >= 11 is 0. The molecule has 134 valence electrons. The molecule has 0 spiro atoms. The fraction of sp³-hybridized carbons (Fsp3) is 0.350. The number of benzene rings is 2. The van der Waals surface area contributed by atoms with Gasteiger partial charge in [0.1, 0.15) is 6.54 Å². The number of methoxy groups -OCH3 is 1. The number of carbonyl (C=O) groups is 1. The summed E-state index contributed by atoms with van der Waals surface area (Å²) in [6.07, 6.45) is 1.87. The number of aryl methyl sites for hydroxylation is 1. The Morgan fingerprint density at radius 1 is 1.16 bits per heavy atom. The number of nitrogens with one attached hydrogen (secondary N) is 2. The Morgan fingerprint density at radius 3 is 2.60 bits per heavy atom. The SMILES string of the molecule is COc1ccc(C[NH+](C)CC(=O)NCCCc2ccccc2)cc1F. The van der Waals surface area contributed by atoms with Crippen LogP contribution >= 0.6 is 0 Å². The van der Waals surface area contributed by atoms with Gasteiger partial charge in [-0.25, -0.2) is 4.39 Å². The summed E-state index contributed by atoms with van der Waals surface area (Å²) in [5, 5.41) is 2.95. The third-order valence-electron chi connectivity index (χ3n) is 3.99. The summed E-state index contributed by atoms with van der Waals surface area (Å²) < 4.78 is 18.6. The van der Waals surface area contributed by atoms with Crippen molar-refractivity contribution < 1.29 is 18.8 Å². The molecule has 2 aromatic carbocycles. The zero-order chi connectivity index (χ0) is 18.1. The van der Waals surface area contributed by atoms with E-state index in [-0.39, 0.29) is 17.5 Å². The van der Waals surface area contributed by atoms with Crippen molar-refractivity contribution >= 4 is 5.91 Å². The first kappa shape index (κ1) is 18.9. The van der Waals surface area contributed by atoms with Crippen molar-refractivity contribution in [3.05, 3.63) is 65.5 Å². The summed E-state index contributed by atoms with van der Waals surface area (Å²) in [4.78, 5) is 13.0. The number of quaternary nitrogens is 1. The third-order valence-corrected chi connectivity index (χ3v) is 3.99. The molecule has 0 aliphatic carbocycles. The minimum atomic E-state index is -0.377. The summed E-state index contributed by atoms with van der Waals surface area (Å²) in [6, 6.07) is 15.1. The Bertz CT molecular complexity index is 677. The first-order valence-electron chi connectivity index (χ1n) is 8.53. The van der Waals surface area contributed by atoms with Gasteiger partial charge in [-0.15, -0.1) is 0 Å². The molecule has 0 radical (unpaired) electrons. The number of amides is 1. The maximum Gasteiger partial charge on any atom is 0.275 e. The zero-order valence-electron chi connectivity index (χ0n) is 14.8. The van der Waals surface area contributed by atoms with Crippen molar-refractivity contribution in [2.24, 2.45) is 0 Å². The molecule has 5 heteroatoms. The van der Waals surface area contributed by atoms with Crippen LogP contribution in [0.25, 0.3) is 0 Å². The van der Waals surface area contributed by atoms with Gasteiger partial charge in [-0.05, 0) is 36.6 Å². The number of hydrogen-bond acceptors (Lipinski definition) is 2. The molecule has 0 fully saturated rings. The van der Waals surface area contributed by atoms with Gasteiger partial charge in [-0.1, -0.05) is 30.3 Å². The number of carbonyl (C=O) groups excluding carboxylic acids is 1. The van der Waals surface area contributed by atoms with Gasteiger partial charge in [0, 0.05) is 12.1 Å². The van der Waals surface area contributed by atoms with Crippen molar-refractivity contribution in [2.45, 2.75) is 19.4 Å². The summed E-state index contributed by atoms with van der Waals surface area (Å²) in [7, 11) is 3.36. The predicted octanol–water partition coefficient (Wildman–Crippen LogP) is 1.60. The highest BCUT2D eigenvalue weighted by molar-refractivity contribution is 5.76. The number of ether oxygens (including phenoxy) is 1. The van der Waals surface area contributed by atoms with E-state index in [0.717, 1.165) is 23.3 Å². The average molecular weight is 345 g/mol. The minimum Gasteiger partial charge on any atom is -0.494 e. The highest BCUT2D eigenvalue weighted by Gasteiger charge is 2.12. The fourth-order valence-electron chi connectivity index (χ4n) is 2.73. The van der Waals surface area contributed by atoms with Crippen molar-refractivity contribution in [3.63, 3.8) is 0 Å². The molecule has 0 saturated carbocycles. The Hall–Kier alpha value is -2.40. The molecule has 0 aliphatic heterocycles. The molecule has 2 rings (SSSR count). The molecule has 0 aliphatic rings. The van der Waals surface area contributed by atoms with E-state index in [0.29, 0.717) is 19.6 Å². The van der Waals surface area contributed by atoms with E-state index in [1.165, 1.54) is 18.7 Å². The van der Waals surface area contributed by atoms with Gasteiger partial charge in [0.25, 0.3) is 5.91 Å². The second-order valence-corrected chi connectivity index (χ2v) is 6.22. The molecule has 1 amide bonds. The Balaban J connectivity index is 1.68. The van der Waals surface area contributed by atoms with Crippen LogP contribution in [0.3, 0.4) is 0 Å². The van der Waals surface area contributed by atoms with Crippen LogP contribution in [0.1, 0.15) is 17.5 Å². The van der Waals surface area contributed by atoms with E-state index in [1.807, 2.05) is 31.3 Å². The number of halogens is 1. The lowest BCUT2D eigenvalue weighted by molar-refractivity contribution is -0.885. The quantitative estimate of drug-likeness (QED) is 0.678. The molecule has 0 heterocycles. The van der Waals surface area contributed by atoms with Gasteiger partial charge in [-0.2, -0.15) is 0 Å². The van der Waals surface area contributed by atoms with Crippen LogP contribution in [0.2, 0.25) is 0 Å². The third kappa shape index (κ3) is 6.55. The topological polar surface area (TPSA) is 42.8 Å². The fourth-order valence-corrected chi connectivity index (χ4v) is 2.73. The monoisotopic (exact) mass is 345 g/mol. The van der Waals surface area contributed by atoms with Crippen molar-refractivity contribution in [2.75, 3.05) is 27.2 Å². The highest BCUT2D eigenvalue weighted by atomic mass is 19.1. The van der Waals surface area contributed by atoms with E-state index in [1.54, 1.807) is 6.07 Å². The van der Waals surface area contributed by atoms with Crippen molar-refractivity contribution in [3.8, 4) is 5.75 Å². The van der Waals surface area contributed by atoms with Gasteiger partial charge in [0.15, 0.2) is 18.1 Å².